The molecule has 0 bridgehead atoms. The Kier molecular flexibility index (Phi) is 1.60. The van der Waals surface area contributed by atoms with Gasteiger partial charge in [-0.25, -0.2) is 0 Å². The highest BCUT2D eigenvalue weighted by Crippen LogP contribution is 2.31. The lowest BCUT2D eigenvalue weighted by Gasteiger charge is -2.24. The minimum Gasteiger partial charge on any atom is -0.441 e. The molecule has 1 aromatic rings. The molecule has 0 saturated heterocycles. The van der Waals surface area contributed by atoms with E-state index in [0.717, 1.165) is 29.3 Å². The summed E-state index contributed by atoms with van der Waals surface area (Å²) in [6.45, 7) is 0.842. The van der Waals surface area contributed by atoms with Gasteiger partial charge < -0.3 is 10.1 Å². The zero-order valence-corrected chi connectivity index (χ0v) is 7.66. The molecule has 1 aromatic carbocycles. The molecule has 1 radical (unpaired) electrons. The third kappa shape index (κ3) is 1.11. The zero-order valence-electron chi connectivity index (χ0n) is 7.66. The van der Waals surface area contributed by atoms with Crippen molar-refractivity contribution < 1.29 is 4.74 Å². The van der Waals surface area contributed by atoms with Gasteiger partial charge in [-0.05, 0) is 6.07 Å². The normalized spacial score (nSPS) is 18.0. The van der Waals surface area contributed by atoms with Crippen LogP contribution in [-0.4, -0.2) is 6.54 Å². The molecule has 2 aliphatic rings. The van der Waals surface area contributed by atoms with Crippen LogP contribution in [0.1, 0.15) is 5.56 Å². The SMILES string of the molecule is [CH]1C2=C(NCC=C2)Oc2ccccc21. The van der Waals surface area contributed by atoms with Gasteiger partial charge in [-0.3, -0.25) is 0 Å². The van der Waals surface area contributed by atoms with Gasteiger partial charge in [0.15, 0.2) is 5.88 Å². The van der Waals surface area contributed by atoms with Crippen molar-refractivity contribution in [3.63, 3.8) is 0 Å². The third-order valence-electron chi connectivity index (χ3n) is 2.38. The molecule has 0 atom stereocenters. The van der Waals surface area contributed by atoms with E-state index in [1.165, 1.54) is 0 Å². The second kappa shape index (κ2) is 2.91. The fourth-order valence-electron chi connectivity index (χ4n) is 1.69. The smallest absolute Gasteiger partial charge is 0.197 e. The molecule has 0 aliphatic carbocycles. The lowest BCUT2D eigenvalue weighted by Crippen LogP contribution is -2.25. The number of ether oxygens (including phenoxy) is 1. The summed E-state index contributed by atoms with van der Waals surface area (Å²) in [6, 6.07) is 8.04. The first-order valence-corrected chi connectivity index (χ1v) is 4.70. The average Bonchev–Trinajstić information content (AvgIpc) is 2.26. The first kappa shape index (κ1) is 7.68. The number of hydrogen-bond donors (Lipinski definition) is 1. The number of dihydropyridines is 1. The molecule has 1 N–H and O–H groups in total. The number of fused-ring (bicyclic) bond motifs is 1. The Morgan fingerprint density at radius 2 is 2.14 bits per heavy atom. The lowest BCUT2D eigenvalue weighted by atomic mass is 10.0. The van der Waals surface area contributed by atoms with E-state index in [9.17, 15) is 0 Å². The molecule has 0 amide bonds. The molecule has 0 unspecified atom stereocenters. The highest BCUT2D eigenvalue weighted by atomic mass is 16.5. The van der Waals surface area contributed by atoms with Crippen LogP contribution in [0.5, 0.6) is 5.75 Å². The Bertz CT molecular complexity index is 432. The summed E-state index contributed by atoms with van der Waals surface area (Å²) in [7, 11) is 0. The number of hydrogen-bond acceptors (Lipinski definition) is 2. The van der Waals surface area contributed by atoms with Gasteiger partial charge in [0.1, 0.15) is 5.75 Å². The molecule has 2 heterocycles. The topological polar surface area (TPSA) is 21.3 Å². The molecule has 2 nitrogen and oxygen atoms in total. The zero-order chi connectivity index (χ0) is 9.38. The van der Waals surface area contributed by atoms with Crippen molar-refractivity contribution in [2.24, 2.45) is 0 Å². The summed E-state index contributed by atoms with van der Waals surface area (Å²) in [4.78, 5) is 0. The van der Waals surface area contributed by atoms with E-state index in [2.05, 4.69) is 30.0 Å². The monoisotopic (exact) mass is 184 g/mol. The maximum atomic E-state index is 5.72. The maximum absolute atomic E-state index is 5.72. The molecule has 0 spiro atoms. The van der Waals surface area contributed by atoms with Crippen molar-refractivity contribution in [1.82, 2.24) is 5.32 Å². The van der Waals surface area contributed by atoms with E-state index in [1.807, 2.05) is 18.2 Å². The highest BCUT2D eigenvalue weighted by molar-refractivity contribution is 5.52. The van der Waals surface area contributed by atoms with Gasteiger partial charge in [-0.15, -0.1) is 0 Å². The molecule has 0 saturated carbocycles. The molecule has 3 rings (SSSR count). The molecule has 0 aromatic heterocycles. The van der Waals surface area contributed by atoms with Crippen LogP contribution in [0, 0.1) is 6.42 Å². The van der Waals surface area contributed by atoms with E-state index in [4.69, 9.17) is 4.74 Å². The van der Waals surface area contributed by atoms with E-state index in [-0.39, 0.29) is 0 Å². The van der Waals surface area contributed by atoms with Gasteiger partial charge in [-0.1, -0.05) is 30.4 Å². The predicted molar refractivity (Wildman–Crippen MR) is 54.6 cm³/mol. The summed E-state index contributed by atoms with van der Waals surface area (Å²) in [5.41, 5.74) is 2.26. The van der Waals surface area contributed by atoms with Crippen LogP contribution >= 0.6 is 0 Å². The molecule has 0 fully saturated rings. The van der Waals surface area contributed by atoms with Crippen LogP contribution in [0.3, 0.4) is 0 Å². The number of benzene rings is 1. The second-order valence-corrected chi connectivity index (χ2v) is 3.35. The highest BCUT2D eigenvalue weighted by Gasteiger charge is 2.19. The van der Waals surface area contributed by atoms with Crippen LogP contribution in [0.15, 0.2) is 47.9 Å². The Labute approximate surface area is 82.9 Å². The van der Waals surface area contributed by atoms with Gasteiger partial charge in [-0.2, -0.15) is 0 Å². The molecule has 2 aliphatic heterocycles. The summed E-state index contributed by atoms with van der Waals surface area (Å²) >= 11 is 0. The molecular formula is C12H10NO. The van der Waals surface area contributed by atoms with E-state index < -0.39 is 0 Å². The van der Waals surface area contributed by atoms with Crippen molar-refractivity contribution >= 4 is 0 Å². The number of allylic oxidation sites excluding steroid dienone is 2. The van der Waals surface area contributed by atoms with Crippen LogP contribution in [0.4, 0.5) is 0 Å². The van der Waals surface area contributed by atoms with Crippen molar-refractivity contribution in [1.29, 1.82) is 0 Å². The van der Waals surface area contributed by atoms with Gasteiger partial charge in [0, 0.05) is 24.1 Å². The third-order valence-corrected chi connectivity index (χ3v) is 2.38. The molecule has 14 heavy (non-hydrogen) atoms. The Morgan fingerprint density at radius 1 is 1.21 bits per heavy atom. The quantitative estimate of drug-likeness (QED) is 0.666. The summed E-state index contributed by atoms with van der Waals surface area (Å²) in [5.74, 6) is 1.79. The average molecular weight is 184 g/mol. The summed E-state index contributed by atoms with van der Waals surface area (Å²) in [5, 5.41) is 3.20. The fourth-order valence-corrected chi connectivity index (χ4v) is 1.69. The predicted octanol–water partition coefficient (Wildman–Crippen LogP) is 2.00. The Balaban J connectivity index is 2.03. The van der Waals surface area contributed by atoms with Crippen LogP contribution in [-0.2, 0) is 0 Å². The number of rotatable bonds is 0. The van der Waals surface area contributed by atoms with Crippen molar-refractivity contribution in [2.75, 3.05) is 6.54 Å². The van der Waals surface area contributed by atoms with Crippen molar-refractivity contribution in [3.8, 4) is 5.75 Å². The fraction of sp³-hybridized carbons (Fsp3) is 0.0833. The molecular weight excluding hydrogens is 174 g/mol. The minimum atomic E-state index is 0.842. The van der Waals surface area contributed by atoms with E-state index in [1.54, 1.807) is 0 Å². The Morgan fingerprint density at radius 3 is 3.14 bits per heavy atom. The number of para-hydroxylation sites is 1. The van der Waals surface area contributed by atoms with Gasteiger partial charge in [0.25, 0.3) is 0 Å². The van der Waals surface area contributed by atoms with Crippen LogP contribution in [0.25, 0.3) is 0 Å². The van der Waals surface area contributed by atoms with Crippen LogP contribution in [0.2, 0.25) is 0 Å². The van der Waals surface area contributed by atoms with Crippen molar-refractivity contribution in [3.05, 3.63) is 59.9 Å². The van der Waals surface area contributed by atoms with Gasteiger partial charge >= 0.3 is 0 Å². The maximum Gasteiger partial charge on any atom is 0.197 e. The van der Waals surface area contributed by atoms with Gasteiger partial charge in [0.2, 0.25) is 0 Å². The lowest BCUT2D eigenvalue weighted by molar-refractivity contribution is 0.371. The second-order valence-electron chi connectivity index (χ2n) is 3.35. The Hall–Kier alpha value is -1.70. The molecule has 69 valence electrons. The van der Waals surface area contributed by atoms with E-state index in [0.29, 0.717) is 0 Å². The largest absolute Gasteiger partial charge is 0.441 e. The van der Waals surface area contributed by atoms with Gasteiger partial charge in [0.05, 0.1) is 0 Å². The minimum absolute atomic E-state index is 0.842. The summed E-state index contributed by atoms with van der Waals surface area (Å²) in [6.07, 6.45) is 6.31. The van der Waals surface area contributed by atoms with Crippen LogP contribution < -0.4 is 10.1 Å². The first-order valence-electron chi connectivity index (χ1n) is 4.70. The van der Waals surface area contributed by atoms with Crippen molar-refractivity contribution in [2.45, 2.75) is 0 Å². The van der Waals surface area contributed by atoms with E-state index >= 15 is 0 Å². The standard InChI is InChI=1S/C12H10NO/c1-2-6-11-9(4-1)8-10-5-3-7-13-12(10)14-11/h1-6,8,13H,7H2. The number of nitrogens with one attached hydrogen (secondary N) is 1. The summed E-state index contributed by atoms with van der Waals surface area (Å²) < 4.78 is 5.72. The first-order chi connectivity index (χ1) is 6.93. The molecule has 2 heteroatoms.